The molecular formula is C18H17N3O2S. The predicted molar refractivity (Wildman–Crippen MR) is 95.1 cm³/mol. The molecule has 0 saturated heterocycles. The van der Waals surface area contributed by atoms with E-state index in [9.17, 15) is 4.79 Å². The van der Waals surface area contributed by atoms with Gasteiger partial charge in [-0.15, -0.1) is 0 Å². The van der Waals surface area contributed by atoms with Crippen LogP contribution in [0.5, 0.6) is 0 Å². The Hall–Kier alpha value is -2.31. The lowest BCUT2D eigenvalue weighted by atomic mass is 9.94. The van der Waals surface area contributed by atoms with Crippen LogP contribution in [0.1, 0.15) is 25.1 Å². The van der Waals surface area contributed by atoms with Crippen LogP contribution in [0.3, 0.4) is 0 Å². The average Bonchev–Trinajstić information content (AvgIpc) is 2.54. The van der Waals surface area contributed by atoms with Gasteiger partial charge in [0, 0.05) is 6.42 Å². The lowest BCUT2D eigenvalue weighted by molar-refractivity contribution is -0.0418. The van der Waals surface area contributed by atoms with E-state index in [1.165, 1.54) is 4.57 Å². The van der Waals surface area contributed by atoms with Gasteiger partial charge in [-0.3, -0.25) is 9.36 Å². The molecule has 0 atom stereocenters. The van der Waals surface area contributed by atoms with Crippen LogP contribution >= 0.6 is 12.2 Å². The Morgan fingerprint density at radius 3 is 2.79 bits per heavy atom. The second-order valence-electron chi connectivity index (χ2n) is 6.62. The molecule has 0 amide bonds. The Bertz CT molecular complexity index is 1050. The van der Waals surface area contributed by atoms with Gasteiger partial charge >= 0.3 is 0 Å². The summed E-state index contributed by atoms with van der Waals surface area (Å²) in [5.41, 5.74) is 2.78. The van der Waals surface area contributed by atoms with Gasteiger partial charge in [0.1, 0.15) is 5.65 Å². The molecule has 0 fully saturated rings. The van der Waals surface area contributed by atoms with Gasteiger partial charge in [-0.2, -0.15) is 0 Å². The molecule has 1 aliphatic rings. The van der Waals surface area contributed by atoms with E-state index in [0.717, 1.165) is 23.4 Å². The van der Waals surface area contributed by atoms with Crippen LogP contribution in [-0.4, -0.2) is 20.1 Å². The highest BCUT2D eigenvalue weighted by atomic mass is 32.1. The summed E-state index contributed by atoms with van der Waals surface area (Å²) in [7, 11) is 0. The zero-order chi connectivity index (χ0) is 16.9. The molecule has 24 heavy (non-hydrogen) atoms. The first-order valence-corrected chi connectivity index (χ1v) is 8.23. The lowest BCUT2D eigenvalue weighted by Gasteiger charge is -2.31. The summed E-state index contributed by atoms with van der Waals surface area (Å²) in [6.45, 7) is 4.53. The number of hydrogen-bond acceptors (Lipinski definition) is 4. The second kappa shape index (κ2) is 5.36. The molecule has 3 heterocycles. The van der Waals surface area contributed by atoms with Crippen LogP contribution in [0.15, 0.2) is 41.2 Å². The molecule has 0 unspecified atom stereocenters. The van der Waals surface area contributed by atoms with Crippen molar-refractivity contribution < 1.29 is 4.74 Å². The largest absolute Gasteiger partial charge is 0.369 e. The van der Waals surface area contributed by atoms with E-state index in [2.05, 4.69) is 9.97 Å². The van der Waals surface area contributed by atoms with Crippen molar-refractivity contribution in [3.63, 3.8) is 0 Å². The standard InChI is InChI=1S/C18H17N3O2S/c1-18(2)9-11-8-13-15(19-14(11)10-23-18)20-17(24)21(16(13)22)12-6-4-3-5-7-12/h3-8H,9-10H2,1-2H3,(H,19,20,24). The van der Waals surface area contributed by atoms with E-state index in [1.807, 2.05) is 50.2 Å². The van der Waals surface area contributed by atoms with Crippen molar-refractivity contribution in [3.05, 3.63) is 62.8 Å². The maximum Gasteiger partial charge on any atom is 0.268 e. The van der Waals surface area contributed by atoms with Gasteiger partial charge in [0.25, 0.3) is 5.56 Å². The first-order chi connectivity index (χ1) is 11.4. The molecule has 0 radical (unpaired) electrons. The predicted octanol–water partition coefficient (Wildman–Crippen LogP) is 3.29. The number of nitrogens with zero attached hydrogens (tertiary/aromatic N) is 2. The zero-order valence-corrected chi connectivity index (χ0v) is 14.3. The minimum absolute atomic E-state index is 0.153. The number of aromatic amines is 1. The third kappa shape index (κ3) is 2.48. The molecule has 0 aliphatic carbocycles. The van der Waals surface area contributed by atoms with Gasteiger partial charge in [-0.1, -0.05) is 18.2 Å². The number of nitrogens with one attached hydrogen (secondary N) is 1. The number of H-pyrrole nitrogens is 1. The van der Waals surface area contributed by atoms with Crippen LogP contribution in [0, 0.1) is 4.77 Å². The number of hydrogen-bond donors (Lipinski definition) is 1. The minimum atomic E-state index is -0.248. The molecule has 1 N–H and O–H groups in total. The van der Waals surface area contributed by atoms with Gasteiger partial charge in [-0.25, -0.2) is 4.98 Å². The Balaban J connectivity index is 1.99. The molecule has 1 aromatic carbocycles. The average molecular weight is 339 g/mol. The molecule has 2 aromatic heterocycles. The topological polar surface area (TPSA) is 59.9 Å². The highest BCUT2D eigenvalue weighted by molar-refractivity contribution is 7.71. The molecule has 6 heteroatoms. The molecule has 0 bridgehead atoms. The smallest absolute Gasteiger partial charge is 0.268 e. The number of fused-ring (bicyclic) bond motifs is 2. The van der Waals surface area contributed by atoms with Crippen molar-refractivity contribution >= 4 is 23.3 Å². The summed E-state index contributed by atoms with van der Waals surface area (Å²) < 4.78 is 7.65. The van der Waals surface area contributed by atoms with Crippen LogP contribution in [0.4, 0.5) is 0 Å². The van der Waals surface area contributed by atoms with E-state index in [0.29, 0.717) is 22.4 Å². The molecule has 0 saturated carbocycles. The van der Waals surface area contributed by atoms with Crippen molar-refractivity contribution in [1.82, 2.24) is 14.5 Å². The van der Waals surface area contributed by atoms with Crippen molar-refractivity contribution in [2.75, 3.05) is 0 Å². The number of rotatable bonds is 1. The summed E-state index contributed by atoms with van der Waals surface area (Å²) in [5, 5.41) is 0.545. The third-order valence-electron chi connectivity index (χ3n) is 4.28. The monoisotopic (exact) mass is 339 g/mol. The number of benzene rings is 1. The molecule has 3 aromatic rings. The first kappa shape index (κ1) is 15.2. The number of ether oxygens (including phenoxy) is 1. The third-order valence-corrected chi connectivity index (χ3v) is 4.57. The Labute approximate surface area is 143 Å². The molecule has 1 aliphatic heterocycles. The van der Waals surface area contributed by atoms with Crippen molar-refractivity contribution in [3.8, 4) is 5.69 Å². The Morgan fingerprint density at radius 2 is 2.04 bits per heavy atom. The maximum absolute atomic E-state index is 13.0. The Kier molecular flexibility index (Phi) is 3.40. The number of pyridine rings is 1. The van der Waals surface area contributed by atoms with Crippen LogP contribution < -0.4 is 5.56 Å². The summed E-state index contributed by atoms with van der Waals surface area (Å²) in [6.07, 6.45) is 0.728. The van der Waals surface area contributed by atoms with E-state index >= 15 is 0 Å². The first-order valence-electron chi connectivity index (χ1n) is 7.82. The van der Waals surface area contributed by atoms with Gasteiger partial charge < -0.3 is 9.72 Å². The van der Waals surface area contributed by atoms with Crippen molar-refractivity contribution in [1.29, 1.82) is 0 Å². The van der Waals surface area contributed by atoms with Crippen LogP contribution in [-0.2, 0) is 17.8 Å². The van der Waals surface area contributed by atoms with Gasteiger partial charge in [-0.05, 0) is 49.8 Å². The van der Waals surface area contributed by atoms with Gasteiger partial charge in [0.05, 0.1) is 29.0 Å². The fourth-order valence-corrected chi connectivity index (χ4v) is 3.37. The fourth-order valence-electron chi connectivity index (χ4n) is 3.08. The molecular weight excluding hydrogens is 322 g/mol. The van der Waals surface area contributed by atoms with E-state index in [1.54, 1.807) is 0 Å². The quantitative estimate of drug-likeness (QED) is 0.691. The van der Waals surface area contributed by atoms with E-state index in [-0.39, 0.29) is 11.2 Å². The lowest BCUT2D eigenvalue weighted by Crippen LogP contribution is -2.33. The number of aromatic nitrogens is 3. The molecule has 5 nitrogen and oxygen atoms in total. The molecule has 4 rings (SSSR count). The SMILES string of the molecule is CC1(C)Cc2cc3c(=O)n(-c4ccccc4)c(=S)[nH]c3nc2CO1. The summed E-state index contributed by atoms with van der Waals surface area (Å²) in [6, 6.07) is 11.3. The Morgan fingerprint density at radius 1 is 1.29 bits per heavy atom. The van der Waals surface area contributed by atoms with Crippen molar-refractivity contribution in [2.45, 2.75) is 32.5 Å². The summed E-state index contributed by atoms with van der Waals surface area (Å²) in [5.74, 6) is 0. The minimum Gasteiger partial charge on any atom is -0.369 e. The van der Waals surface area contributed by atoms with E-state index < -0.39 is 0 Å². The van der Waals surface area contributed by atoms with Crippen LogP contribution in [0.2, 0.25) is 0 Å². The zero-order valence-electron chi connectivity index (χ0n) is 13.5. The van der Waals surface area contributed by atoms with Gasteiger partial charge in [0.2, 0.25) is 0 Å². The fraction of sp³-hybridized carbons (Fsp3) is 0.278. The van der Waals surface area contributed by atoms with Crippen LogP contribution in [0.25, 0.3) is 16.7 Å². The highest BCUT2D eigenvalue weighted by Gasteiger charge is 2.27. The second-order valence-corrected chi connectivity index (χ2v) is 7.01. The number of para-hydroxylation sites is 1. The summed E-state index contributed by atoms with van der Waals surface area (Å²) in [4.78, 5) is 20.7. The molecule has 0 spiro atoms. The van der Waals surface area contributed by atoms with Crippen molar-refractivity contribution in [2.24, 2.45) is 0 Å². The maximum atomic E-state index is 13.0. The van der Waals surface area contributed by atoms with E-state index in [4.69, 9.17) is 17.0 Å². The molecule has 122 valence electrons. The summed E-state index contributed by atoms with van der Waals surface area (Å²) >= 11 is 5.38. The van der Waals surface area contributed by atoms with Gasteiger partial charge in [0.15, 0.2) is 4.77 Å². The highest BCUT2D eigenvalue weighted by Crippen LogP contribution is 2.28. The normalized spacial score (nSPS) is 16.1.